The average molecular weight is 318 g/mol. The summed E-state index contributed by atoms with van der Waals surface area (Å²) in [7, 11) is 0. The van der Waals surface area contributed by atoms with Crippen LogP contribution >= 0.6 is 11.8 Å². The van der Waals surface area contributed by atoms with Gasteiger partial charge < -0.3 is 4.74 Å². The van der Waals surface area contributed by atoms with Gasteiger partial charge in [-0.1, -0.05) is 31.4 Å². The van der Waals surface area contributed by atoms with Gasteiger partial charge >= 0.3 is 6.36 Å². The van der Waals surface area contributed by atoms with E-state index in [0.717, 1.165) is 18.9 Å². The molecule has 0 heterocycles. The molecule has 0 aromatic heterocycles. The van der Waals surface area contributed by atoms with Gasteiger partial charge in [0, 0.05) is 10.8 Å². The van der Waals surface area contributed by atoms with Gasteiger partial charge in [-0.05, 0) is 25.0 Å². The maximum Gasteiger partial charge on any atom is 0.573 e. The van der Waals surface area contributed by atoms with Gasteiger partial charge in [0.1, 0.15) is 5.75 Å². The second-order valence-corrected chi connectivity index (χ2v) is 6.36. The molecule has 0 N–H and O–H groups in total. The number of ether oxygens (including phenoxy) is 1. The lowest BCUT2D eigenvalue weighted by Crippen LogP contribution is -2.17. The number of thioether (sulfide) groups is 1. The van der Waals surface area contributed by atoms with Gasteiger partial charge in [0.05, 0.1) is 5.75 Å². The second kappa shape index (κ2) is 7.20. The molecular weight excluding hydrogens is 301 g/mol. The van der Waals surface area contributed by atoms with Crippen LogP contribution in [0, 0.1) is 0 Å². The van der Waals surface area contributed by atoms with Gasteiger partial charge in [0.15, 0.2) is 5.78 Å². The first kappa shape index (κ1) is 16.2. The first-order valence-electron chi connectivity index (χ1n) is 6.95. The number of hydrogen-bond acceptors (Lipinski definition) is 3. The average Bonchev–Trinajstić information content (AvgIpc) is 2.44. The largest absolute Gasteiger partial charge is 0.573 e. The molecule has 0 amide bonds. The minimum atomic E-state index is -4.74. The highest BCUT2D eigenvalue weighted by atomic mass is 32.2. The summed E-state index contributed by atoms with van der Waals surface area (Å²) in [5, 5.41) is 0.498. The molecule has 2 nitrogen and oxygen atoms in total. The fourth-order valence-corrected chi connectivity index (χ4v) is 3.60. The smallest absolute Gasteiger partial charge is 0.406 e. The number of hydrogen-bond donors (Lipinski definition) is 0. The van der Waals surface area contributed by atoms with E-state index >= 15 is 0 Å². The topological polar surface area (TPSA) is 26.3 Å². The molecule has 0 atom stereocenters. The molecule has 21 heavy (non-hydrogen) atoms. The standard InChI is InChI=1S/C15H17F3O2S/c16-15(17,18)20-12-6-4-5-11(9-12)14(19)10-21-13-7-2-1-3-8-13/h4-6,9,13H,1-3,7-8,10H2. The summed E-state index contributed by atoms with van der Waals surface area (Å²) in [5.74, 6) is -0.200. The van der Waals surface area contributed by atoms with Crippen molar-refractivity contribution < 1.29 is 22.7 Å². The van der Waals surface area contributed by atoms with Crippen LogP contribution in [0.2, 0.25) is 0 Å². The van der Waals surface area contributed by atoms with Gasteiger partial charge in [-0.15, -0.1) is 13.2 Å². The fourth-order valence-electron chi connectivity index (χ4n) is 2.38. The van der Waals surface area contributed by atoms with E-state index < -0.39 is 6.36 Å². The Labute approximate surface area is 126 Å². The van der Waals surface area contributed by atoms with Crippen LogP contribution in [-0.4, -0.2) is 23.1 Å². The zero-order valence-electron chi connectivity index (χ0n) is 11.5. The maximum absolute atomic E-state index is 12.2. The first-order valence-corrected chi connectivity index (χ1v) is 7.99. The lowest BCUT2D eigenvalue weighted by atomic mass is 10.0. The van der Waals surface area contributed by atoms with E-state index in [1.807, 2.05) is 0 Å². The van der Waals surface area contributed by atoms with Crippen LogP contribution in [-0.2, 0) is 0 Å². The highest BCUT2D eigenvalue weighted by Crippen LogP contribution is 2.29. The van der Waals surface area contributed by atoms with Gasteiger partial charge in [0.25, 0.3) is 0 Å². The van der Waals surface area contributed by atoms with Crippen LogP contribution in [0.3, 0.4) is 0 Å². The van der Waals surface area contributed by atoms with Crippen LogP contribution < -0.4 is 4.74 Å². The number of carbonyl (C=O) groups is 1. The molecule has 2 rings (SSSR count). The number of halogens is 3. The summed E-state index contributed by atoms with van der Waals surface area (Å²) in [4.78, 5) is 12.0. The molecule has 0 radical (unpaired) electrons. The summed E-state index contributed by atoms with van der Waals surface area (Å²) in [5.41, 5.74) is 0.264. The molecule has 1 aliphatic rings. The number of rotatable bonds is 5. The van der Waals surface area contributed by atoms with E-state index in [1.165, 1.54) is 37.5 Å². The monoisotopic (exact) mass is 318 g/mol. The third-order valence-electron chi connectivity index (χ3n) is 3.39. The number of carbonyl (C=O) groups excluding carboxylic acids is 1. The SMILES string of the molecule is O=C(CSC1CCCCC1)c1cccc(OC(F)(F)F)c1. The van der Waals surface area contributed by atoms with Gasteiger partial charge in [-0.25, -0.2) is 0 Å². The molecule has 1 aromatic rings. The minimum Gasteiger partial charge on any atom is -0.406 e. The Morgan fingerprint density at radius 3 is 2.62 bits per heavy atom. The lowest BCUT2D eigenvalue weighted by molar-refractivity contribution is -0.274. The Balaban J connectivity index is 1.91. The normalized spacial score (nSPS) is 16.7. The van der Waals surface area contributed by atoms with Crippen molar-refractivity contribution in [2.24, 2.45) is 0 Å². The molecule has 1 aromatic carbocycles. The van der Waals surface area contributed by atoms with Crippen molar-refractivity contribution >= 4 is 17.5 Å². The van der Waals surface area contributed by atoms with Crippen molar-refractivity contribution in [2.75, 3.05) is 5.75 Å². The Morgan fingerprint density at radius 2 is 1.95 bits per heavy atom. The fraction of sp³-hybridized carbons (Fsp3) is 0.533. The minimum absolute atomic E-state index is 0.154. The summed E-state index contributed by atoms with van der Waals surface area (Å²) >= 11 is 1.61. The van der Waals surface area contributed by atoms with Crippen molar-refractivity contribution in [3.05, 3.63) is 29.8 Å². The highest BCUT2D eigenvalue weighted by Gasteiger charge is 2.31. The van der Waals surface area contributed by atoms with Crippen molar-refractivity contribution in [3.8, 4) is 5.75 Å². The molecule has 1 saturated carbocycles. The third kappa shape index (κ3) is 5.61. The summed E-state index contributed by atoms with van der Waals surface area (Å²) in [6, 6.07) is 5.27. The predicted octanol–water partition coefficient (Wildman–Crippen LogP) is 4.83. The Bertz CT molecular complexity index is 482. The molecule has 0 spiro atoms. The third-order valence-corrected chi connectivity index (χ3v) is 4.76. The quantitative estimate of drug-likeness (QED) is 0.727. The Morgan fingerprint density at radius 1 is 1.24 bits per heavy atom. The molecule has 0 unspecified atom stereocenters. The molecule has 1 fully saturated rings. The number of Topliss-reactive ketones (excluding diaryl/α,β-unsaturated/α-hetero) is 1. The molecule has 1 aliphatic carbocycles. The molecule has 116 valence electrons. The number of benzene rings is 1. The molecular formula is C15H17F3O2S. The maximum atomic E-state index is 12.2. The van der Waals surface area contributed by atoms with E-state index in [1.54, 1.807) is 11.8 Å². The van der Waals surface area contributed by atoms with E-state index in [2.05, 4.69) is 4.74 Å². The predicted molar refractivity (Wildman–Crippen MR) is 76.8 cm³/mol. The van der Waals surface area contributed by atoms with Crippen LogP contribution in [0.1, 0.15) is 42.5 Å². The zero-order valence-corrected chi connectivity index (χ0v) is 12.3. The van der Waals surface area contributed by atoms with Crippen molar-refractivity contribution in [3.63, 3.8) is 0 Å². The van der Waals surface area contributed by atoms with E-state index in [9.17, 15) is 18.0 Å². The van der Waals surface area contributed by atoms with Gasteiger partial charge in [-0.3, -0.25) is 4.79 Å². The molecule has 0 aliphatic heterocycles. The summed E-state index contributed by atoms with van der Waals surface area (Å²) in [6.45, 7) is 0. The lowest BCUT2D eigenvalue weighted by Gasteiger charge is -2.20. The van der Waals surface area contributed by atoms with E-state index in [4.69, 9.17) is 0 Å². The van der Waals surface area contributed by atoms with Crippen LogP contribution in [0.25, 0.3) is 0 Å². The second-order valence-electron chi connectivity index (χ2n) is 5.07. The van der Waals surface area contributed by atoms with Crippen LogP contribution in [0.15, 0.2) is 24.3 Å². The van der Waals surface area contributed by atoms with Crippen molar-refractivity contribution in [1.82, 2.24) is 0 Å². The van der Waals surface area contributed by atoms with Crippen LogP contribution in [0.5, 0.6) is 5.75 Å². The van der Waals surface area contributed by atoms with Gasteiger partial charge in [0.2, 0.25) is 0 Å². The van der Waals surface area contributed by atoms with E-state index in [-0.39, 0.29) is 17.1 Å². The first-order chi connectivity index (χ1) is 9.94. The van der Waals surface area contributed by atoms with E-state index in [0.29, 0.717) is 11.0 Å². The summed E-state index contributed by atoms with van der Waals surface area (Å²) < 4.78 is 40.3. The molecule has 6 heteroatoms. The molecule has 0 saturated heterocycles. The van der Waals surface area contributed by atoms with Crippen LogP contribution in [0.4, 0.5) is 13.2 Å². The Hall–Kier alpha value is -1.17. The molecule has 0 bridgehead atoms. The van der Waals surface area contributed by atoms with Crippen molar-refractivity contribution in [1.29, 1.82) is 0 Å². The summed E-state index contributed by atoms with van der Waals surface area (Å²) in [6.07, 6.45) is 1.15. The van der Waals surface area contributed by atoms with Crippen molar-refractivity contribution in [2.45, 2.75) is 43.7 Å². The highest BCUT2D eigenvalue weighted by molar-refractivity contribution is 8.00. The number of ketones is 1. The Kier molecular flexibility index (Phi) is 5.56. The number of alkyl halides is 3. The zero-order chi connectivity index (χ0) is 15.3. The van der Waals surface area contributed by atoms with Gasteiger partial charge in [-0.2, -0.15) is 11.8 Å².